The highest BCUT2D eigenvalue weighted by Gasteiger charge is 2.37. The monoisotopic (exact) mass is 252 g/mol. The Hall–Kier alpha value is -0.630. The van der Waals surface area contributed by atoms with E-state index in [9.17, 15) is 9.90 Å². The second-order valence-corrected chi connectivity index (χ2v) is 6.58. The van der Waals surface area contributed by atoms with Gasteiger partial charge in [-0.25, -0.2) is 0 Å². The van der Waals surface area contributed by atoms with Crippen molar-refractivity contribution in [1.29, 1.82) is 0 Å². The van der Waals surface area contributed by atoms with Crippen LogP contribution in [0.2, 0.25) is 0 Å². The van der Waals surface area contributed by atoms with E-state index in [0.717, 1.165) is 25.7 Å². The second-order valence-electron chi connectivity index (χ2n) is 6.58. The maximum Gasteiger partial charge on any atom is 0.133 e. The van der Waals surface area contributed by atoms with Gasteiger partial charge in [-0.1, -0.05) is 39.3 Å². The van der Waals surface area contributed by atoms with Gasteiger partial charge in [-0.05, 0) is 37.5 Å². The van der Waals surface area contributed by atoms with Crippen molar-refractivity contribution in [3.63, 3.8) is 0 Å². The highest BCUT2D eigenvalue weighted by Crippen LogP contribution is 2.38. The largest absolute Gasteiger partial charge is 0.389 e. The van der Waals surface area contributed by atoms with Gasteiger partial charge in [0.15, 0.2) is 0 Å². The van der Waals surface area contributed by atoms with Crippen LogP contribution >= 0.6 is 0 Å². The summed E-state index contributed by atoms with van der Waals surface area (Å²) < 4.78 is 0. The third-order valence-electron chi connectivity index (χ3n) is 4.54. The number of carbonyl (C=O) groups excluding carboxylic acids is 1. The molecule has 0 heterocycles. The summed E-state index contributed by atoms with van der Waals surface area (Å²) in [5.74, 6) is 0.783. The topological polar surface area (TPSA) is 37.3 Å². The highest BCUT2D eigenvalue weighted by molar-refractivity contribution is 5.80. The molecule has 0 radical (unpaired) electrons. The highest BCUT2D eigenvalue weighted by atomic mass is 16.3. The first-order valence-corrected chi connectivity index (χ1v) is 7.19. The summed E-state index contributed by atoms with van der Waals surface area (Å²) in [4.78, 5) is 11.2. The summed E-state index contributed by atoms with van der Waals surface area (Å²) in [5, 5.41) is 10.6. The Morgan fingerprint density at radius 1 is 1.39 bits per heavy atom. The Balaban J connectivity index is 2.50. The van der Waals surface area contributed by atoms with Crippen molar-refractivity contribution in [2.45, 2.75) is 71.8 Å². The molecule has 18 heavy (non-hydrogen) atoms. The number of Topliss-reactive ketones (excluding diaryl/α,β-unsaturated/α-hetero) is 1. The minimum atomic E-state index is -0.678. The quantitative estimate of drug-likeness (QED) is 0.728. The summed E-state index contributed by atoms with van der Waals surface area (Å²) >= 11 is 0. The SMILES string of the molecule is CCCC(C)(C)[C@](C)(O)C/C=C/C1CCC(=O)C1. The van der Waals surface area contributed by atoms with E-state index in [1.54, 1.807) is 0 Å². The molecule has 1 N–H and O–H groups in total. The molecule has 1 unspecified atom stereocenters. The predicted molar refractivity (Wildman–Crippen MR) is 75.4 cm³/mol. The Bertz CT molecular complexity index is 313. The molecule has 0 aromatic rings. The van der Waals surface area contributed by atoms with E-state index in [-0.39, 0.29) is 5.41 Å². The third kappa shape index (κ3) is 3.94. The summed E-state index contributed by atoms with van der Waals surface area (Å²) in [6.45, 7) is 8.33. The van der Waals surface area contributed by atoms with Crippen LogP contribution in [0, 0.1) is 11.3 Å². The fraction of sp³-hybridized carbons (Fsp3) is 0.812. The van der Waals surface area contributed by atoms with E-state index in [4.69, 9.17) is 0 Å². The first-order chi connectivity index (χ1) is 8.28. The smallest absolute Gasteiger partial charge is 0.133 e. The first-order valence-electron chi connectivity index (χ1n) is 7.19. The number of carbonyl (C=O) groups is 1. The van der Waals surface area contributed by atoms with Crippen LogP contribution in [0.4, 0.5) is 0 Å². The molecule has 1 aliphatic rings. The van der Waals surface area contributed by atoms with Gasteiger partial charge in [-0.15, -0.1) is 0 Å². The Labute approximate surface area is 111 Å². The zero-order chi connectivity index (χ0) is 13.8. The zero-order valence-electron chi connectivity index (χ0n) is 12.3. The van der Waals surface area contributed by atoms with Crippen LogP contribution in [-0.2, 0) is 4.79 Å². The molecule has 1 aliphatic carbocycles. The summed E-state index contributed by atoms with van der Waals surface area (Å²) in [6.07, 6.45) is 9.38. The lowest BCUT2D eigenvalue weighted by atomic mass is 9.71. The lowest BCUT2D eigenvalue weighted by Gasteiger charge is -2.39. The molecule has 0 bridgehead atoms. The molecule has 0 amide bonds. The molecule has 0 aliphatic heterocycles. The molecule has 2 nitrogen and oxygen atoms in total. The van der Waals surface area contributed by atoms with Gasteiger partial charge in [-0.2, -0.15) is 0 Å². The molecule has 0 aromatic carbocycles. The van der Waals surface area contributed by atoms with Crippen molar-refractivity contribution in [3.8, 4) is 0 Å². The molecule has 104 valence electrons. The number of ketones is 1. The van der Waals surface area contributed by atoms with E-state index in [0.29, 0.717) is 24.5 Å². The van der Waals surface area contributed by atoms with E-state index < -0.39 is 5.60 Å². The normalized spacial score (nSPS) is 24.7. The molecule has 1 fully saturated rings. The molecule has 1 rings (SSSR count). The average Bonchev–Trinajstić information content (AvgIpc) is 2.63. The Kier molecular flexibility index (Phi) is 5.15. The van der Waals surface area contributed by atoms with Gasteiger partial charge in [-0.3, -0.25) is 4.79 Å². The molecule has 1 saturated carbocycles. The second kappa shape index (κ2) is 6.01. The maximum absolute atomic E-state index is 11.2. The van der Waals surface area contributed by atoms with Crippen LogP contribution in [0.1, 0.15) is 66.2 Å². The van der Waals surface area contributed by atoms with E-state index in [1.807, 2.05) is 6.92 Å². The summed E-state index contributed by atoms with van der Waals surface area (Å²) in [7, 11) is 0. The first kappa shape index (κ1) is 15.4. The van der Waals surface area contributed by atoms with Gasteiger partial charge >= 0.3 is 0 Å². The molecular weight excluding hydrogens is 224 g/mol. The van der Waals surface area contributed by atoms with Crippen molar-refractivity contribution in [1.82, 2.24) is 0 Å². The van der Waals surface area contributed by atoms with Crippen molar-refractivity contribution < 1.29 is 9.90 Å². The van der Waals surface area contributed by atoms with Gasteiger partial charge in [0.05, 0.1) is 5.60 Å². The molecular formula is C16H28O2. The molecule has 0 saturated heterocycles. The average molecular weight is 252 g/mol. The van der Waals surface area contributed by atoms with Crippen molar-refractivity contribution in [2.24, 2.45) is 11.3 Å². The van der Waals surface area contributed by atoms with Gasteiger partial charge < -0.3 is 5.11 Å². The number of rotatable bonds is 6. The number of allylic oxidation sites excluding steroid dienone is 1. The minimum Gasteiger partial charge on any atom is -0.389 e. The van der Waals surface area contributed by atoms with Gasteiger partial charge in [0, 0.05) is 12.8 Å². The number of aliphatic hydroxyl groups is 1. The van der Waals surface area contributed by atoms with E-state index in [1.165, 1.54) is 0 Å². The van der Waals surface area contributed by atoms with Gasteiger partial charge in [0.25, 0.3) is 0 Å². The van der Waals surface area contributed by atoms with Crippen LogP contribution in [0.15, 0.2) is 12.2 Å². The predicted octanol–water partition coefficient (Wildman–Crippen LogP) is 3.88. The fourth-order valence-electron chi connectivity index (χ4n) is 2.67. The maximum atomic E-state index is 11.2. The molecule has 0 spiro atoms. The van der Waals surface area contributed by atoms with Crippen LogP contribution in [0.3, 0.4) is 0 Å². The van der Waals surface area contributed by atoms with Crippen molar-refractivity contribution in [2.75, 3.05) is 0 Å². The molecule has 0 aromatic heterocycles. The number of hydrogen-bond acceptors (Lipinski definition) is 2. The minimum absolute atomic E-state index is 0.0718. The lowest BCUT2D eigenvalue weighted by molar-refractivity contribution is -0.117. The standard InChI is InChI=1S/C16H28O2/c1-5-10-15(2,3)16(4,18)11-6-7-13-8-9-14(17)12-13/h6-7,13,18H,5,8-12H2,1-4H3/b7-6+/t13?,16-/m1/s1. The number of hydrogen-bond donors (Lipinski definition) is 1. The summed E-state index contributed by atoms with van der Waals surface area (Å²) in [5.41, 5.74) is -0.750. The lowest BCUT2D eigenvalue weighted by Crippen LogP contribution is -2.41. The van der Waals surface area contributed by atoms with Crippen LogP contribution in [0.25, 0.3) is 0 Å². The van der Waals surface area contributed by atoms with Crippen molar-refractivity contribution >= 4 is 5.78 Å². The van der Waals surface area contributed by atoms with Gasteiger partial charge in [0.1, 0.15) is 5.78 Å². The zero-order valence-corrected chi connectivity index (χ0v) is 12.3. The fourth-order valence-corrected chi connectivity index (χ4v) is 2.67. The van der Waals surface area contributed by atoms with Crippen LogP contribution < -0.4 is 0 Å². The Morgan fingerprint density at radius 3 is 2.56 bits per heavy atom. The van der Waals surface area contributed by atoms with Crippen LogP contribution in [0.5, 0.6) is 0 Å². The van der Waals surface area contributed by atoms with Crippen molar-refractivity contribution in [3.05, 3.63) is 12.2 Å². The van der Waals surface area contributed by atoms with E-state index >= 15 is 0 Å². The van der Waals surface area contributed by atoms with Gasteiger partial charge in [0.2, 0.25) is 0 Å². The molecule has 2 heteroatoms. The Morgan fingerprint density at radius 2 is 2.06 bits per heavy atom. The summed E-state index contributed by atoms with van der Waals surface area (Å²) in [6, 6.07) is 0. The third-order valence-corrected chi connectivity index (χ3v) is 4.54. The van der Waals surface area contributed by atoms with E-state index in [2.05, 4.69) is 32.9 Å². The molecule has 2 atom stereocenters. The van der Waals surface area contributed by atoms with Crippen LogP contribution in [-0.4, -0.2) is 16.5 Å².